The number of phenols is 2. The van der Waals surface area contributed by atoms with Crippen LogP contribution in [0, 0.1) is 17.0 Å². The molecular formula is C21H14N2O6. The Bertz CT molecular complexity index is 1210. The first-order valence-corrected chi connectivity index (χ1v) is 8.59. The van der Waals surface area contributed by atoms with Gasteiger partial charge in [-0.25, -0.2) is 0 Å². The number of carbonyl (C=O) groups is 2. The molecule has 0 atom stereocenters. The van der Waals surface area contributed by atoms with Crippen LogP contribution in [0.25, 0.3) is 0 Å². The molecule has 0 spiro atoms. The summed E-state index contributed by atoms with van der Waals surface area (Å²) in [6, 6.07) is 11.9. The van der Waals surface area contributed by atoms with E-state index in [0.29, 0.717) is 5.69 Å². The molecule has 0 heterocycles. The third-order valence-corrected chi connectivity index (χ3v) is 4.78. The number of hydrogen-bond donors (Lipinski definition) is 3. The molecule has 0 aliphatic heterocycles. The van der Waals surface area contributed by atoms with Crippen molar-refractivity contribution in [3.63, 3.8) is 0 Å². The molecule has 0 aromatic heterocycles. The molecule has 144 valence electrons. The van der Waals surface area contributed by atoms with Crippen LogP contribution in [0.2, 0.25) is 0 Å². The van der Waals surface area contributed by atoms with E-state index in [1.165, 1.54) is 12.1 Å². The van der Waals surface area contributed by atoms with Crippen LogP contribution >= 0.6 is 0 Å². The van der Waals surface area contributed by atoms with Gasteiger partial charge in [0.25, 0.3) is 5.69 Å². The van der Waals surface area contributed by atoms with Crippen LogP contribution in [0.5, 0.6) is 11.5 Å². The van der Waals surface area contributed by atoms with Gasteiger partial charge in [-0.15, -0.1) is 0 Å². The van der Waals surface area contributed by atoms with Crippen LogP contribution in [-0.4, -0.2) is 26.7 Å². The van der Waals surface area contributed by atoms with Gasteiger partial charge in [-0.2, -0.15) is 0 Å². The lowest BCUT2D eigenvalue weighted by molar-refractivity contribution is -0.385. The lowest BCUT2D eigenvalue weighted by atomic mass is 9.81. The maximum atomic E-state index is 13.2. The number of rotatable bonds is 3. The summed E-state index contributed by atoms with van der Waals surface area (Å²) in [6.45, 7) is 1.92. The highest BCUT2D eigenvalue weighted by Gasteiger charge is 2.40. The second kappa shape index (κ2) is 6.45. The van der Waals surface area contributed by atoms with Gasteiger partial charge in [0.2, 0.25) is 11.6 Å². The second-order valence-electron chi connectivity index (χ2n) is 6.64. The van der Waals surface area contributed by atoms with Gasteiger partial charge in [0.05, 0.1) is 27.3 Å². The molecule has 1 aliphatic carbocycles. The number of fused-ring (bicyclic) bond motifs is 2. The number of nitrogens with one attached hydrogen (secondary N) is 1. The smallest absolute Gasteiger partial charge is 0.281 e. The zero-order chi connectivity index (χ0) is 20.9. The first kappa shape index (κ1) is 18.2. The van der Waals surface area contributed by atoms with Crippen molar-refractivity contribution in [2.75, 3.05) is 5.32 Å². The van der Waals surface area contributed by atoms with Gasteiger partial charge in [0.1, 0.15) is 17.1 Å². The number of nitro groups is 1. The van der Waals surface area contributed by atoms with Crippen molar-refractivity contribution in [3.8, 4) is 11.5 Å². The number of benzene rings is 3. The Kier molecular flexibility index (Phi) is 4.04. The number of aryl methyl sites for hydroxylation is 1. The Labute approximate surface area is 164 Å². The fourth-order valence-electron chi connectivity index (χ4n) is 3.40. The molecule has 4 rings (SSSR count). The molecule has 0 amide bonds. The molecule has 0 unspecified atom stereocenters. The molecule has 0 bridgehead atoms. The van der Waals surface area contributed by atoms with E-state index in [0.717, 1.165) is 17.7 Å². The Hall–Kier alpha value is -4.20. The maximum Gasteiger partial charge on any atom is 0.281 e. The summed E-state index contributed by atoms with van der Waals surface area (Å²) in [6.07, 6.45) is 0. The van der Waals surface area contributed by atoms with E-state index in [9.17, 15) is 29.9 Å². The summed E-state index contributed by atoms with van der Waals surface area (Å²) in [5.74, 6) is -2.71. The van der Waals surface area contributed by atoms with E-state index < -0.39 is 44.8 Å². The first-order valence-electron chi connectivity index (χ1n) is 8.59. The minimum absolute atomic E-state index is 0.154. The largest absolute Gasteiger partial charge is 0.507 e. The van der Waals surface area contributed by atoms with Gasteiger partial charge < -0.3 is 15.5 Å². The Morgan fingerprint density at radius 3 is 1.97 bits per heavy atom. The van der Waals surface area contributed by atoms with Crippen molar-refractivity contribution in [2.24, 2.45) is 0 Å². The Morgan fingerprint density at radius 2 is 1.34 bits per heavy atom. The Morgan fingerprint density at radius 1 is 0.793 bits per heavy atom. The Balaban J connectivity index is 1.95. The molecule has 0 fully saturated rings. The number of ketones is 2. The maximum absolute atomic E-state index is 13.2. The molecule has 8 nitrogen and oxygen atoms in total. The van der Waals surface area contributed by atoms with E-state index in [4.69, 9.17) is 0 Å². The van der Waals surface area contributed by atoms with Crippen LogP contribution in [-0.2, 0) is 0 Å². The number of hydrogen-bond acceptors (Lipinski definition) is 7. The van der Waals surface area contributed by atoms with Crippen molar-refractivity contribution in [2.45, 2.75) is 6.92 Å². The standard InChI is InChI=1S/C21H14N2O6/c1-10-2-4-11(5-3-10)22-12-6-8-14(24)18-16(12)20(26)19-15(25)9-7-13(23(28)29)17(19)21(18)27/h2-9,22,24-25H,1H3. The number of nitrogens with zero attached hydrogens (tertiary/aromatic N) is 1. The van der Waals surface area contributed by atoms with Crippen LogP contribution in [0.4, 0.5) is 17.1 Å². The summed E-state index contributed by atoms with van der Waals surface area (Å²) in [4.78, 5) is 36.8. The average molecular weight is 390 g/mol. The normalized spacial score (nSPS) is 12.3. The van der Waals surface area contributed by atoms with Crippen LogP contribution in [0.15, 0.2) is 48.5 Å². The van der Waals surface area contributed by atoms with E-state index >= 15 is 0 Å². The molecule has 0 saturated heterocycles. The van der Waals surface area contributed by atoms with Gasteiger partial charge >= 0.3 is 0 Å². The summed E-state index contributed by atoms with van der Waals surface area (Å²) in [5, 5.41) is 34.8. The topological polar surface area (TPSA) is 130 Å². The third kappa shape index (κ3) is 2.78. The predicted molar refractivity (Wildman–Crippen MR) is 104 cm³/mol. The van der Waals surface area contributed by atoms with Gasteiger partial charge in [0.15, 0.2) is 0 Å². The highest BCUT2D eigenvalue weighted by atomic mass is 16.6. The zero-order valence-electron chi connectivity index (χ0n) is 15.1. The van der Waals surface area contributed by atoms with Crippen LogP contribution < -0.4 is 5.32 Å². The molecule has 0 saturated carbocycles. The lowest BCUT2D eigenvalue weighted by Crippen LogP contribution is -2.23. The van der Waals surface area contributed by atoms with Gasteiger partial charge in [-0.1, -0.05) is 17.7 Å². The van der Waals surface area contributed by atoms with Crippen molar-refractivity contribution in [3.05, 3.63) is 86.5 Å². The predicted octanol–water partition coefficient (Wildman–Crippen LogP) is 3.83. The van der Waals surface area contributed by atoms with Gasteiger partial charge in [-0.3, -0.25) is 19.7 Å². The summed E-state index contributed by atoms with van der Waals surface area (Å²) >= 11 is 0. The summed E-state index contributed by atoms with van der Waals surface area (Å²) in [7, 11) is 0. The number of phenolic OH excluding ortho intramolecular Hbond substituents is 2. The van der Waals surface area contributed by atoms with E-state index in [-0.39, 0.29) is 16.8 Å². The SMILES string of the molecule is Cc1ccc(Nc2ccc(O)c3c2C(=O)c2c(O)ccc([N+](=O)[O-])c2C3=O)cc1. The van der Waals surface area contributed by atoms with E-state index in [2.05, 4.69) is 5.32 Å². The van der Waals surface area contributed by atoms with Crippen molar-refractivity contribution < 1.29 is 24.7 Å². The van der Waals surface area contributed by atoms with E-state index in [1.54, 1.807) is 12.1 Å². The minimum Gasteiger partial charge on any atom is -0.507 e. The number of nitro benzene ring substituents is 1. The van der Waals surface area contributed by atoms with E-state index in [1.807, 2.05) is 19.1 Å². The fraction of sp³-hybridized carbons (Fsp3) is 0.0476. The zero-order valence-corrected chi connectivity index (χ0v) is 15.1. The third-order valence-electron chi connectivity index (χ3n) is 4.78. The lowest BCUT2D eigenvalue weighted by Gasteiger charge is -2.22. The quantitative estimate of drug-likeness (QED) is 0.275. The molecular weight excluding hydrogens is 376 g/mol. The molecule has 8 heteroatoms. The number of anilines is 2. The minimum atomic E-state index is -0.901. The number of aromatic hydroxyl groups is 2. The van der Waals surface area contributed by atoms with Crippen LogP contribution in [0.3, 0.4) is 0 Å². The fourth-order valence-corrected chi connectivity index (χ4v) is 3.40. The molecule has 1 aliphatic rings. The number of carbonyl (C=O) groups excluding carboxylic acids is 2. The average Bonchev–Trinajstić information content (AvgIpc) is 2.68. The molecule has 3 N–H and O–H groups in total. The van der Waals surface area contributed by atoms with Crippen molar-refractivity contribution >= 4 is 28.6 Å². The molecule has 3 aromatic rings. The van der Waals surface area contributed by atoms with Gasteiger partial charge in [0, 0.05) is 11.8 Å². The first-order chi connectivity index (χ1) is 13.8. The van der Waals surface area contributed by atoms with Crippen molar-refractivity contribution in [1.82, 2.24) is 0 Å². The molecule has 0 radical (unpaired) electrons. The van der Waals surface area contributed by atoms with Gasteiger partial charge in [-0.05, 0) is 37.3 Å². The monoisotopic (exact) mass is 390 g/mol. The van der Waals surface area contributed by atoms with Crippen molar-refractivity contribution in [1.29, 1.82) is 0 Å². The molecule has 3 aromatic carbocycles. The second-order valence-corrected chi connectivity index (χ2v) is 6.64. The highest BCUT2D eigenvalue weighted by molar-refractivity contribution is 6.33. The van der Waals surface area contributed by atoms with Crippen LogP contribution in [0.1, 0.15) is 37.4 Å². The highest BCUT2D eigenvalue weighted by Crippen LogP contribution is 2.43. The molecule has 29 heavy (non-hydrogen) atoms. The summed E-state index contributed by atoms with van der Waals surface area (Å²) in [5.41, 5.74) is -0.190. The summed E-state index contributed by atoms with van der Waals surface area (Å²) < 4.78 is 0.